The molecule has 0 aliphatic carbocycles. The molecule has 1 saturated heterocycles. The number of carbonyl (C=O) groups is 1. The zero-order valence-corrected chi connectivity index (χ0v) is 16.8. The second-order valence-electron chi connectivity index (χ2n) is 8.09. The van der Waals surface area contributed by atoms with Crippen LogP contribution in [0.1, 0.15) is 36.8 Å². The minimum Gasteiger partial charge on any atom is -0.482 e. The van der Waals surface area contributed by atoms with Gasteiger partial charge < -0.3 is 9.64 Å². The van der Waals surface area contributed by atoms with Crippen LogP contribution in [-0.4, -0.2) is 37.0 Å². The van der Waals surface area contributed by atoms with Gasteiger partial charge in [-0.3, -0.25) is 9.69 Å². The normalized spacial score (nSPS) is 18.0. The van der Waals surface area contributed by atoms with Gasteiger partial charge in [-0.2, -0.15) is 0 Å². The summed E-state index contributed by atoms with van der Waals surface area (Å²) in [6, 6.07) is 16.6. The second-order valence-corrected chi connectivity index (χ2v) is 8.09. The predicted molar refractivity (Wildman–Crippen MR) is 113 cm³/mol. The quantitative estimate of drug-likeness (QED) is 0.746. The Morgan fingerprint density at radius 3 is 2.61 bits per heavy atom. The summed E-state index contributed by atoms with van der Waals surface area (Å²) in [6.07, 6.45) is 4.78. The Kier molecular flexibility index (Phi) is 5.96. The van der Waals surface area contributed by atoms with E-state index in [9.17, 15) is 4.79 Å². The van der Waals surface area contributed by atoms with Crippen molar-refractivity contribution in [2.75, 3.05) is 31.1 Å². The molecule has 28 heavy (non-hydrogen) atoms. The molecular formula is C24H30N2O2. The minimum absolute atomic E-state index is 0.0757. The number of rotatable bonds is 6. The summed E-state index contributed by atoms with van der Waals surface area (Å²) >= 11 is 0. The molecule has 1 fully saturated rings. The molecule has 2 aliphatic heterocycles. The number of anilines is 1. The van der Waals surface area contributed by atoms with E-state index in [4.69, 9.17) is 4.74 Å². The van der Waals surface area contributed by atoms with E-state index < -0.39 is 0 Å². The molecule has 0 saturated carbocycles. The number of amides is 1. The number of ether oxygens (including phenoxy) is 1. The van der Waals surface area contributed by atoms with Gasteiger partial charge in [-0.1, -0.05) is 36.4 Å². The summed E-state index contributed by atoms with van der Waals surface area (Å²) in [7, 11) is 0. The molecule has 4 heteroatoms. The monoisotopic (exact) mass is 378 g/mol. The number of para-hydroxylation sites is 2. The van der Waals surface area contributed by atoms with Crippen LogP contribution in [0.2, 0.25) is 0 Å². The topological polar surface area (TPSA) is 32.8 Å². The number of aryl methyl sites for hydroxylation is 1. The van der Waals surface area contributed by atoms with Crippen LogP contribution in [0.5, 0.6) is 5.75 Å². The van der Waals surface area contributed by atoms with Crippen LogP contribution >= 0.6 is 0 Å². The molecule has 0 radical (unpaired) electrons. The summed E-state index contributed by atoms with van der Waals surface area (Å²) < 4.78 is 5.53. The molecule has 0 unspecified atom stereocenters. The third kappa shape index (κ3) is 4.39. The predicted octanol–water partition coefficient (Wildman–Crippen LogP) is 4.41. The molecule has 1 amide bonds. The average Bonchev–Trinajstić information content (AvgIpc) is 2.72. The largest absolute Gasteiger partial charge is 0.482 e. The SMILES string of the molecule is Cc1ccccc1CN1CCC(CCCN2C(=O)COc3ccccc32)CC1. The van der Waals surface area contributed by atoms with Gasteiger partial charge in [-0.25, -0.2) is 0 Å². The first-order chi connectivity index (χ1) is 13.7. The zero-order chi connectivity index (χ0) is 19.3. The number of likely N-dealkylation sites (tertiary alicyclic amines) is 1. The molecule has 4 rings (SSSR count). The highest BCUT2D eigenvalue weighted by atomic mass is 16.5. The highest BCUT2D eigenvalue weighted by Crippen LogP contribution is 2.32. The Balaban J connectivity index is 1.23. The Morgan fingerprint density at radius 1 is 1.04 bits per heavy atom. The van der Waals surface area contributed by atoms with Crippen molar-refractivity contribution in [2.24, 2.45) is 5.92 Å². The lowest BCUT2D eigenvalue weighted by Gasteiger charge is -2.33. The van der Waals surface area contributed by atoms with Crippen molar-refractivity contribution in [1.82, 2.24) is 4.90 Å². The van der Waals surface area contributed by atoms with E-state index in [0.29, 0.717) is 0 Å². The van der Waals surface area contributed by atoms with Crippen molar-refractivity contribution in [3.8, 4) is 5.75 Å². The number of nitrogens with zero attached hydrogens (tertiary/aromatic N) is 2. The highest BCUT2D eigenvalue weighted by molar-refractivity contribution is 5.97. The third-order valence-electron chi connectivity index (χ3n) is 6.16. The number of hydrogen-bond acceptors (Lipinski definition) is 3. The maximum absolute atomic E-state index is 12.3. The van der Waals surface area contributed by atoms with E-state index in [1.54, 1.807) is 0 Å². The van der Waals surface area contributed by atoms with Gasteiger partial charge in [0, 0.05) is 13.1 Å². The van der Waals surface area contributed by atoms with E-state index in [2.05, 4.69) is 36.1 Å². The standard InChI is InChI=1S/C24H30N2O2/c1-19-7-2-3-9-21(19)17-25-15-12-20(13-16-25)8-6-14-26-22-10-4-5-11-23(22)28-18-24(26)27/h2-5,7,9-11,20H,6,8,12-18H2,1H3. The lowest BCUT2D eigenvalue weighted by atomic mass is 9.91. The van der Waals surface area contributed by atoms with Gasteiger partial charge in [0.25, 0.3) is 5.91 Å². The van der Waals surface area contributed by atoms with E-state index in [1.807, 2.05) is 29.2 Å². The van der Waals surface area contributed by atoms with Crippen molar-refractivity contribution in [3.63, 3.8) is 0 Å². The van der Waals surface area contributed by atoms with E-state index in [-0.39, 0.29) is 12.5 Å². The zero-order valence-electron chi connectivity index (χ0n) is 16.8. The first-order valence-electron chi connectivity index (χ1n) is 10.5. The fraction of sp³-hybridized carbons (Fsp3) is 0.458. The summed E-state index contributed by atoms with van der Waals surface area (Å²) in [4.78, 5) is 16.8. The number of piperidine rings is 1. The van der Waals surface area contributed by atoms with Gasteiger partial charge >= 0.3 is 0 Å². The number of fused-ring (bicyclic) bond motifs is 1. The Hall–Kier alpha value is -2.33. The number of hydrogen-bond donors (Lipinski definition) is 0. The van der Waals surface area contributed by atoms with Gasteiger partial charge in [-0.05, 0) is 74.9 Å². The fourth-order valence-electron chi connectivity index (χ4n) is 4.40. The second kappa shape index (κ2) is 8.78. The average molecular weight is 379 g/mol. The molecule has 0 bridgehead atoms. The van der Waals surface area contributed by atoms with Gasteiger partial charge in [-0.15, -0.1) is 0 Å². The van der Waals surface area contributed by atoms with Crippen LogP contribution in [0.3, 0.4) is 0 Å². The van der Waals surface area contributed by atoms with Gasteiger partial charge in [0.05, 0.1) is 5.69 Å². The van der Waals surface area contributed by atoms with E-state index >= 15 is 0 Å². The molecule has 0 spiro atoms. The number of benzene rings is 2. The van der Waals surface area contributed by atoms with Crippen molar-refractivity contribution < 1.29 is 9.53 Å². The molecule has 0 aromatic heterocycles. The molecular weight excluding hydrogens is 348 g/mol. The minimum atomic E-state index is 0.0757. The van der Waals surface area contributed by atoms with Crippen LogP contribution in [0, 0.1) is 12.8 Å². The molecule has 2 aromatic carbocycles. The van der Waals surface area contributed by atoms with Crippen LogP contribution in [-0.2, 0) is 11.3 Å². The van der Waals surface area contributed by atoms with Crippen LogP contribution < -0.4 is 9.64 Å². The lowest BCUT2D eigenvalue weighted by Crippen LogP contribution is -2.39. The van der Waals surface area contributed by atoms with Crippen LogP contribution in [0.4, 0.5) is 5.69 Å². The van der Waals surface area contributed by atoms with E-state index in [1.165, 1.54) is 43.5 Å². The third-order valence-corrected chi connectivity index (χ3v) is 6.16. The summed E-state index contributed by atoms with van der Waals surface area (Å²) in [5.74, 6) is 1.68. The van der Waals surface area contributed by atoms with Gasteiger partial charge in [0.2, 0.25) is 0 Å². The molecule has 4 nitrogen and oxygen atoms in total. The molecule has 2 aromatic rings. The van der Waals surface area contributed by atoms with Crippen molar-refractivity contribution in [1.29, 1.82) is 0 Å². The summed E-state index contributed by atoms with van der Waals surface area (Å²) in [6.45, 7) is 6.58. The molecule has 2 aliphatic rings. The van der Waals surface area contributed by atoms with E-state index in [0.717, 1.165) is 36.9 Å². The Labute approximate surface area is 168 Å². The van der Waals surface area contributed by atoms with Crippen LogP contribution in [0.25, 0.3) is 0 Å². The van der Waals surface area contributed by atoms with Crippen molar-refractivity contribution >= 4 is 11.6 Å². The lowest BCUT2D eigenvalue weighted by molar-refractivity contribution is -0.121. The van der Waals surface area contributed by atoms with Crippen molar-refractivity contribution in [3.05, 3.63) is 59.7 Å². The molecule has 2 heterocycles. The first kappa shape index (κ1) is 19.0. The molecule has 0 atom stereocenters. The molecule has 0 N–H and O–H groups in total. The number of carbonyl (C=O) groups excluding carboxylic acids is 1. The van der Waals surface area contributed by atoms with Gasteiger partial charge in [0.15, 0.2) is 6.61 Å². The van der Waals surface area contributed by atoms with Crippen LogP contribution in [0.15, 0.2) is 48.5 Å². The summed E-state index contributed by atoms with van der Waals surface area (Å²) in [5, 5.41) is 0. The first-order valence-corrected chi connectivity index (χ1v) is 10.5. The maximum Gasteiger partial charge on any atom is 0.265 e. The Morgan fingerprint density at radius 2 is 1.79 bits per heavy atom. The highest BCUT2D eigenvalue weighted by Gasteiger charge is 2.25. The maximum atomic E-state index is 12.3. The van der Waals surface area contributed by atoms with Gasteiger partial charge in [0.1, 0.15) is 5.75 Å². The van der Waals surface area contributed by atoms with Crippen molar-refractivity contribution in [2.45, 2.75) is 39.2 Å². The fourth-order valence-corrected chi connectivity index (χ4v) is 4.40. The summed E-state index contributed by atoms with van der Waals surface area (Å²) in [5.41, 5.74) is 3.76. The smallest absolute Gasteiger partial charge is 0.265 e. The Bertz CT molecular complexity index is 812. The molecule has 148 valence electrons.